The molecular weight excluding hydrogens is 412 g/mol. The number of methoxy groups -OCH3 is 1. The number of carboxylic acid groups (broad SMARTS) is 1. The molecule has 0 saturated heterocycles. The predicted octanol–water partition coefficient (Wildman–Crippen LogP) is 2.66. The van der Waals surface area contributed by atoms with Gasteiger partial charge in [0.2, 0.25) is 5.91 Å². The van der Waals surface area contributed by atoms with Gasteiger partial charge in [0, 0.05) is 19.6 Å². The molecule has 0 spiro atoms. The van der Waals surface area contributed by atoms with Crippen molar-refractivity contribution in [2.75, 3.05) is 20.3 Å². The summed E-state index contributed by atoms with van der Waals surface area (Å²) in [4.78, 5) is 35.9. The Morgan fingerprint density at radius 2 is 1.66 bits per heavy atom. The number of carbonyl (C=O) groups is 3. The number of aliphatic carboxylic acids is 1. The van der Waals surface area contributed by atoms with E-state index in [0.717, 1.165) is 22.3 Å². The van der Waals surface area contributed by atoms with E-state index in [0.29, 0.717) is 12.8 Å². The maximum absolute atomic E-state index is 12.6. The average Bonchev–Trinajstić information content (AvgIpc) is 3.50. The Bertz CT molecular complexity index is 987. The fourth-order valence-electron chi connectivity index (χ4n) is 4.17. The standard InChI is InChI=1S/C24H26N2O6/c1-31-15(12-21(27)28)13-25-22(29)24(10-11-24)26-23(30)32-14-20-18-8-4-2-6-16(18)17-7-3-5-9-19(17)20/h2-9,15,20H,10-14H2,1H3,(H,25,29)(H,26,30)(H,27,28). The lowest BCUT2D eigenvalue weighted by Crippen LogP contribution is -2.50. The Morgan fingerprint density at radius 1 is 1.06 bits per heavy atom. The maximum atomic E-state index is 12.6. The minimum absolute atomic E-state index is 0.0513. The van der Waals surface area contributed by atoms with Crippen molar-refractivity contribution in [3.63, 3.8) is 0 Å². The van der Waals surface area contributed by atoms with Crippen LogP contribution in [0.25, 0.3) is 11.1 Å². The van der Waals surface area contributed by atoms with Gasteiger partial charge in [-0.25, -0.2) is 4.79 Å². The third kappa shape index (κ3) is 4.45. The molecule has 1 saturated carbocycles. The van der Waals surface area contributed by atoms with E-state index in [1.54, 1.807) is 0 Å². The topological polar surface area (TPSA) is 114 Å². The average molecular weight is 438 g/mol. The molecule has 2 amide bonds. The Kier molecular flexibility index (Phi) is 6.14. The van der Waals surface area contributed by atoms with Crippen LogP contribution in [-0.2, 0) is 19.1 Å². The van der Waals surface area contributed by atoms with Gasteiger partial charge < -0.3 is 25.2 Å². The van der Waals surface area contributed by atoms with Crippen LogP contribution >= 0.6 is 0 Å². The second-order valence-electron chi connectivity index (χ2n) is 8.20. The van der Waals surface area contributed by atoms with Gasteiger partial charge in [-0.05, 0) is 35.1 Å². The van der Waals surface area contributed by atoms with E-state index >= 15 is 0 Å². The van der Waals surface area contributed by atoms with Gasteiger partial charge in [0.05, 0.1) is 12.5 Å². The highest BCUT2D eigenvalue weighted by Crippen LogP contribution is 2.44. The van der Waals surface area contributed by atoms with E-state index in [4.69, 9.17) is 14.6 Å². The summed E-state index contributed by atoms with van der Waals surface area (Å²) in [6, 6.07) is 16.1. The van der Waals surface area contributed by atoms with Crippen LogP contribution in [-0.4, -0.2) is 55.0 Å². The number of rotatable bonds is 9. The summed E-state index contributed by atoms with van der Waals surface area (Å²) in [5, 5.41) is 14.2. The first-order chi connectivity index (χ1) is 15.4. The Labute approximate surface area is 185 Å². The molecule has 1 unspecified atom stereocenters. The highest BCUT2D eigenvalue weighted by Gasteiger charge is 2.51. The van der Waals surface area contributed by atoms with Crippen LogP contribution in [0.4, 0.5) is 4.79 Å². The molecule has 168 valence electrons. The van der Waals surface area contributed by atoms with E-state index in [2.05, 4.69) is 22.8 Å². The van der Waals surface area contributed by atoms with E-state index in [1.165, 1.54) is 7.11 Å². The monoisotopic (exact) mass is 438 g/mol. The van der Waals surface area contributed by atoms with Gasteiger partial charge in [0.25, 0.3) is 0 Å². The number of benzene rings is 2. The predicted molar refractivity (Wildman–Crippen MR) is 116 cm³/mol. The zero-order chi connectivity index (χ0) is 22.7. The van der Waals surface area contributed by atoms with E-state index in [9.17, 15) is 14.4 Å². The smallest absolute Gasteiger partial charge is 0.408 e. The third-order valence-electron chi connectivity index (χ3n) is 6.10. The second-order valence-corrected chi connectivity index (χ2v) is 8.20. The molecule has 2 aliphatic rings. The number of alkyl carbamates (subject to hydrolysis) is 1. The summed E-state index contributed by atoms with van der Waals surface area (Å²) >= 11 is 0. The van der Waals surface area contributed by atoms with E-state index in [1.807, 2.05) is 36.4 Å². The van der Waals surface area contributed by atoms with Crippen molar-refractivity contribution in [2.24, 2.45) is 0 Å². The highest BCUT2D eigenvalue weighted by atomic mass is 16.5. The molecule has 0 aliphatic heterocycles. The fourth-order valence-corrected chi connectivity index (χ4v) is 4.17. The third-order valence-corrected chi connectivity index (χ3v) is 6.10. The summed E-state index contributed by atoms with van der Waals surface area (Å²) in [6.07, 6.45) is -0.502. The Morgan fingerprint density at radius 3 is 2.19 bits per heavy atom. The van der Waals surface area contributed by atoms with Crippen LogP contribution < -0.4 is 10.6 Å². The maximum Gasteiger partial charge on any atom is 0.408 e. The lowest BCUT2D eigenvalue weighted by molar-refractivity contribution is -0.140. The zero-order valence-electron chi connectivity index (χ0n) is 17.8. The SMILES string of the molecule is COC(CNC(=O)C1(NC(=O)OCC2c3ccccc3-c3ccccc32)CC1)CC(=O)O. The van der Waals surface area contributed by atoms with Gasteiger partial charge in [-0.1, -0.05) is 48.5 Å². The number of hydrogen-bond acceptors (Lipinski definition) is 5. The second kappa shape index (κ2) is 9.00. The molecule has 32 heavy (non-hydrogen) atoms. The number of fused-ring (bicyclic) bond motifs is 3. The van der Waals surface area contributed by atoms with Crippen molar-refractivity contribution >= 4 is 18.0 Å². The van der Waals surface area contributed by atoms with Crippen LogP contribution in [0.3, 0.4) is 0 Å². The molecule has 4 rings (SSSR count). The van der Waals surface area contributed by atoms with Crippen molar-refractivity contribution in [3.05, 3.63) is 59.7 Å². The number of ether oxygens (including phenoxy) is 2. The summed E-state index contributed by atoms with van der Waals surface area (Å²) in [5.41, 5.74) is 3.51. The van der Waals surface area contributed by atoms with E-state index in [-0.39, 0.29) is 31.4 Å². The van der Waals surface area contributed by atoms with Gasteiger partial charge in [0.1, 0.15) is 12.1 Å². The molecule has 0 aromatic heterocycles. The van der Waals surface area contributed by atoms with Crippen molar-refractivity contribution in [2.45, 2.75) is 36.8 Å². The first-order valence-corrected chi connectivity index (χ1v) is 10.6. The van der Waals surface area contributed by atoms with Gasteiger partial charge >= 0.3 is 12.1 Å². The Balaban J connectivity index is 1.33. The molecule has 0 bridgehead atoms. The highest BCUT2D eigenvalue weighted by molar-refractivity contribution is 5.92. The van der Waals surface area contributed by atoms with Gasteiger partial charge in [-0.2, -0.15) is 0 Å². The molecule has 2 aromatic carbocycles. The molecule has 8 heteroatoms. The summed E-state index contributed by atoms with van der Waals surface area (Å²) in [6.45, 7) is 0.220. The van der Waals surface area contributed by atoms with E-state index < -0.39 is 23.7 Å². The number of nitrogens with one attached hydrogen (secondary N) is 2. The van der Waals surface area contributed by atoms with Crippen molar-refractivity contribution < 1.29 is 29.0 Å². The molecule has 3 N–H and O–H groups in total. The lowest BCUT2D eigenvalue weighted by Gasteiger charge is -2.20. The van der Waals surface area contributed by atoms with Crippen molar-refractivity contribution in [3.8, 4) is 11.1 Å². The van der Waals surface area contributed by atoms with Crippen molar-refractivity contribution in [1.29, 1.82) is 0 Å². The lowest BCUT2D eigenvalue weighted by atomic mass is 9.98. The molecule has 2 aromatic rings. The quantitative estimate of drug-likeness (QED) is 0.555. The molecular formula is C24H26N2O6. The number of hydrogen-bond donors (Lipinski definition) is 3. The number of carbonyl (C=O) groups excluding carboxylic acids is 2. The number of amides is 2. The van der Waals surface area contributed by atoms with Crippen LogP contribution in [0.2, 0.25) is 0 Å². The molecule has 1 fully saturated rings. The summed E-state index contributed by atoms with van der Waals surface area (Å²) in [5.74, 6) is -1.43. The first-order valence-electron chi connectivity index (χ1n) is 10.6. The van der Waals surface area contributed by atoms with Crippen LogP contribution in [0.5, 0.6) is 0 Å². The fraction of sp³-hybridized carbons (Fsp3) is 0.375. The minimum Gasteiger partial charge on any atom is -0.481 e. The molecule has 8 nitrogen and oxygen atoms in total. The van der Waals surface area contributed by atoms with Crippen molar-refractivity contribution in [1.82, 2.24) is 10.6 Å². The summed E-state index contributed by atoms with van der Waals surface area (Å²) in [7, 11) is 1.39. The number of carboxylic acids is 1. The van der Waals surface area contributed by atoms with Crippen LogP contribution in [0.1, 0.15) is 36.3 Å². The molecule has 1 atom stereocenters. The van der Waals surface area contributed by atoms with Crippen LogP contribution in [0.15, 0.2) is 48.5 Å². The van der Waals surface area contributed by atoms with Crippen LogP contribution in [0, 0.1) is 0 Å². The molecule has 2 aliphatic carbocycles. The normalized spacial score (nSPS) is 16.4. The minimum atomic E-state index is -1.01. The van der Waals surface area contributed by atoms with Gasteiger partial charge in [-0.15, -0.1) is 0 Å². The molecule has 0 heterocycles. The molecule has 0 radical (unpaired) electrons. The Hall–Kier alpha value is -3.39. The summed E-state index contributed by atoms with van der Waals surface area (Å²) < 4.78 is 10.6. The van der Waals surface area contributed by atoms with Gasteiger partial charge in [0.15, 0.2) is 0 Å². The largest absolute Gasteiger partial charge is 0.481 e. The zero-order valence-corrected chi connectivity index (χ0v) is 17.8. The van der Waals surface area contributed by atoms with Gasteiger partial charge in [-0.3, -0.25) is 9.59 Å². The first kappa shape index (κ1) is 21.8.